The molecule has 8 nitrogen and oxygen atoms in total. The lowest BCUT2D eigenvalue weighted by molar-refractivity contribution is -0.154. The maximum atomic E-state index is 12.1. The number of fused-ring (bicyclic) bond motifs is 1. The SMILES string of the molecule is CCCC/C=C/C=C/C=C\CCCCCCO.CCCC/C=C/C=C/C=C\CCCCCCOSOC(CO)CO.CCCCCCC/C=C\C1C=CC(CCCC)C2C(=O)OC(=O)C12. The quantitative estimate of drug-likeness (QED) is 0.0139. The molecule has 1 fully saturated rings. The molecule has 0 radical (unpaired) electrons. The van der Waals surface area contributed by atoms with Gasteiger partial charge in [0.15, 0.2) is 12.3 Å². The molecule has 0 aromatic rings. The molecular weight excluding hydrogens is 833 g/mol. The highest BCUT2D eigenvalue weighted by Crippen LogP contribution is 2.43. The summed E-state index contributed by atoms with van der Waals surface area (Å²) < 4.78 is 15.2. The van der Waals surface area contributed by atoms with Crippen molar-refractivity contribution < 1.29 is 38.0 Å². The number of aliphatic hydroxyl groups excluding tert-OH is 3. The molecule has 1 heterocycles. The Kier molecular flexibility index (Phi) is 47.0. The summed E-state index contributed by atoms with van der Waals surface area (Å²) in [6.45, 7) is 9.34. The van der Waals surface area contributed by atoms with Crippen LogP contribution in [0.3, 0.4) is 0 Å². The van der Waals surface area contributed by atoms with Gasteiger partial charge in [0.25, 0.3) is 0 Å². The van der Waals surface area contributed by atoms with Crippen molar-refractivity contribution >= 4 is 24.3 Å². The fourth-order valence-electron chi connectivity index (χ4n) is 7.24. The van der Waals surface area contributed by atoms with Gasteiger partial charge in [0.1, 0.15) is 6.10 Å². The third kappa shape index (κ3) is 36.9. The van der Waals surface area contributed by atoms with Crippen LogP contribution in [-0.4, -0.2) is 59.8 Å². The smallest absolute Gasteiger partial charge is 0.318 e. The Balaban J connectivity index is 0.000000963. The Labute approximate surface area is 402 Å². The van der Waals surface area contributed by atoms with Gasteiger partial charge in [-0.15, -0.1) is 0 Å². The van der Waals surface area contributed by atoms with Crippen molar-refractivity contribution in [1.29, 1.82) is 0 Å². The predicted molar refractivity (Wildman–Crippen MR) is 276 cm³/mol. The summed E-state index contributed by atoms with van der Waals surface area (Å²) in [6.07, 6.45) is 63.0. The first-order valence-corrected chi connectivity index (χ1v) is 26.5. The van der Waals surface area contributed by atoms with Gasteiger partial charge >= 0.3 is 11.9 Å². The molecule has 3 N–H and O–H groups in total. The molecule has 1 aliphatic heterocycles. The number of carbonyl (C=O) groups excluding carboxylic acids is 2. The van der Waals surface area contributed by atoms with Crippen LogP contribution >= 0.6 is 12.3 Å². The lowest BCUT2D eigenvalue weighted by atomic mass is 9.70. The zero-order valence-corrected chi connectivity index (χ0v) is 42.2. The van der Waals surface area contributed by atoms with Gasteiger partial charge in [-0.1, -0.05) is 215 Å². The largest absolute Gasteiger partial charge is 0.396 e. The Morgan fingerprint density at radius 2 is 1.00 bits per heavy atom. The molecule has 0 aromatic carbocycles. The summed E-state index contributed by atoms with van der Waals surface area (Å²) in [5, 5.41) is 26.2. The number of unbranched alkanes of at least 4 members (excludes halogenated alkanes) is 18. The van der Waals surface area contributed by atoms with Crippen LogP contribution in [0.5, 0.6) is 0 Å². The molecule has 0 aromatic heterocycles. The molecule has 65 heavy (non-hydrogen) atoms. The van der Waals surface area contributed by atoms with Gasteiger partial charge in [-0.2, -0.15) is 0 Å². The van der Waals surface area contributed by atoms with Crippen LogP contribution in [0.1, 0.15) is 188 Å². The number of hydrogen-bond acceptors (Lipinski definition) is 9. The van der Waals surface area contributed by atoms with E-state index in [9.17, 15) is 9.59 Å². The first-order chi connectivity index (χ1) is 31.9. The molecule has 0 amide bonds. The minimum Gasteiger partial charge on any atom is -0.396 e. The number of allylic oxidation sites excluding steroid dienone is 16. The maximum Gasteiger partial charge on any atom is 0.318 e. The first-order valence-electron chi connectivity index (χ1n) is 25.8. The van der Waals surface area contributed by atoms with Crippen molar-refractivity contribution in [3.8, 4) is 0 Å². The van der Waals surface area contributed by atoms with E-state index in [0.717, 1.165) is 76.5 Å². The van der Waals surface area contributed by atoms with Crippen LogP contribution in [0.2, 0.25) is 0 Å². The van der Waals surface area contributed by atoms with Crippen LogP contribution in [0.25, 0.3) is 0 Å². The number of rotatable bonds is 38. The van der Waals surface area contributed by atoms with Gasteiger partial charge in [-0.3, -0.25) is 18.0 Å². The Morgan fingerprint density at radius 1 is 0.538 bits per heavy atom. The number of hydrogen-bond donors (Lipinski definition) is 3. The summed E-state index contributed by atoms with van der Waals surface area (Å²) in [7, 11) is 0. The third-order valence-corrected chi connectivity index (χ3v) is 11.8. The van der Waals surface area contributed by atoms with Gasteiger partial charge in [0.2, 0.25) is 0 Å². The number of cyclic esters (lactones) is 2. The van der Waals surface area contributed by atoms with Crippen molar-refractivity contribution in [1.82, 2.24) is 0 Å². The summed E-state index contributed by atoms with van der Waals surface area (Å²) in [5.74, 6) is -1.04. The van der Waals surface area contributed by atoms with Gasteiger partial charge in [-0.25, -0.2) is 0 Å². The van der Waals surface area contributed by atoms with Crippen LogP contribution in [-0.2, 0) is 22.7 Å². The minimum atomic E-state index is -0.567. The zero-order chi connectivity index (χ0) is 47.7. The Bertz CT molecular complexity index is 1330. The van der Waals surface area contributed by atoms with Crippen LogP contribution in [0.4, 0.5) is 0 Å². The third-order valence-electron chi connectivity index (χ3n) is 11.2. The van der Waals surface area contributed by atoms with Crippen LogP contribution in [0, 0.1) is 23.7 Å². The summed E-state index contributed by atoms with van der Waals surface area (Å²) >= 11 is 0.852. The van der Waals surface area contributed by atoms with Crippen molar-refractivity contribution in [3.05, 3.63) is 97.2 Å². The van der Waals surface area contributed by atoms with Gasteiger partial charge in [0, 0.05) is 12.5 Å². The molecule has 0 bridgehead atoms. The molecule has 9 heteroatoms. The fourth-order valence-corrected chi connectivity index (χ4v) is 7.71. The molecule has 0 spiro atoms. The lowest BCUT2D eigenvalue weighted by Crippen LogP contribution is -2.33. The van der Waals surface area contributed by atoms with Crippen molar-refractivity contribution in [2.75, 3.05) is 26.4 Å². The van der Waals surface area contributed by atoms with E-state index >= 15 is 0 Å². The zero-order valence-electron chi connectivity index (χ0n) is 41.4. The first kappa shape index (κ1) is 62.2. The standard InChI is InChI=1S/C21H32O3.C19H34O4S.C16H28O/c1-3-5-7-8-9-10-11-13-17-15-14-16(12-6-4-2)18-19(17)21(23)24-20(18)22;1-2-3-4-5-6-7-8-9-10-11-12-13-14-15-16-22-24-23-19(17-20)18-21;1-2-3-4-5-6-7-8-9-10-11-12-13-14-15-16-17/h11,13-19H,3-10,12H2,1-2H3;5-10,19-21H,2-4,11-18H2,1H3;5-10,17H,2-4,11-16H2,1H3/b13-11-;2*6-5+,8-7+,10-9-. The van der Waals surface area contributed by atoms with Gasteiger partial charge < -0.3 is 20.1 Å². The maximum absolute atomic E-state index is 12.1. The predicted octanol–water partition coefficient (Wildman–Crippen LogP) is 14.7. The van der Waals surface area contributed by atoms with E-state index < -0.39 is 6.10 Å². The number of ether oxygens (including phenoxy) is 1. The topological polar surface area (TPSA) is 123 Å². The molecule has 2 aliphatic rings. The molecule has 2 rings (SSSR count). The Hall–Kier alpha value is -2.79. The number of carbonyl (C=O) groups is 2. The highest BCUT2D eigenvalue weighted by atomic mass is 32.2. The average Bonchev–Trinajstić information content (AvgIpc) is 3.63. The second-order valence-corrected chi connectivity index (χ2v) is 17.6. The highest BCUT2D eigenvalue weighted by Gasteiger charge is 2.51. The van der Waals surface area contributed by atoms with Crippen molar-refractivity contribution in [3.63, 3.8) is 0 Å². The molecule has 1 aliphatic carbocycles. The summed E-state index contributed by atoms with van der Waals surface area (Å²) in [5.41, 5.74) is 0. The van der Waals surface area contributed by atoms with Gasteiger partial charge in [0.05, 0.1) is 31.7 Å². The summed E-state index contributed by atoms with van der Waals surface area (Å²) in [6, 6.07) is 0. The van der Waals surface area contributed by atoms with E-state index in [0.29, 0.717) is 13.2 Å². The molecule has 4 atom stereocenters. The van der Waals surface area contributed by atoms with E-state index in [4.69, 9.17) is 28.4 Å². The molecule has 372 valence electrons. The van der Waals surface area contributed by atoms with Gasteiger partial charge in [-0.05, 0) is 76.5 Å². The van der Waals surface area contributed by atoms with E-state index in [1.807, 2.05) is 0 Å². The lowest BCUT2D eigenvalue weighted by Gasteiger charge is -2.29. The van der Waals surface area contributed by atoms with E-state index in [-0.39, 0.29) is 48.8 Å². The molecular formula is C56H94O8S. The minimum absolute atomic E-state index is 0.0162. The second-order valence-electron chi connectivity index (χ2n) is 17.1. The fraction of sp³-hybridized carbons (Fsp3) is 0.679. The highest BCUT2D eigenvalue weighted by molar-refractivity contribution is 7.89. The monoisotopic (exact) mass is 927 g/mol. The van der Waals surface area contributed by atoms with Crippen LogP contribution in [0.15, 0.2) is 97.2 Å². The van der Waals surface area contributed by atoms with Crippen LogP contribution < -0.4 is 0 Å². The Morgan fingerprint density at radius 3 is 1.51 bits per heavy atom. The normalized spacial score (nSPS) is 18.6. The van der Waals surface area contributed by atoms with E-state index in [2.05, 4.69) is 125 Å². The average molecular weight is 927 g/mol. The van der Waals surface area contributed by atoms with Crippen molar-refractivity contribution in [2.45, 2.75) is 194 Å². The second kappa shape index (κ2) is 49.1. The summed E-state index contributed by atoms with van der Waals surface area (Å²) in [4.78, 5) is 24.3. The van der Waals surface area contributed by atoms with E-state index in [1.54, 1.807) is 0 Å². The molecule has 0 saturated carbocycles. The van der Waals surface area contributed by atoms with Crippen molar-refractivity contribution in [2.24, 2.45) is 23.7 Å². The number of aliphatic hydroxyl groups is 3. The molecule has 4 unspecified atom stereocenters. The molecule has 1 saturated heterocycles. The number of esters is 2. The van der Waals surface area contributed by atoms with E-state index in [1.165, 1.54) is 96.3 Å².